The Balaban J connectivity index is 3.25. The van der Waals surface area contributed by atoms with Crippen LogP contribution in [-0.2, 0) is 10.0 Å². The summed E-state index contributed by atoms with van der Waals surface area (Å²) in [6.07, 6.45) is 1.35. The van der Waals surface area contributed by atoms with Gasteiger partial charge in [0.15, 0.2) is 5.69 Å². The number of nitrogens with zero attached hydrogens (tertiary/aromatic N) is 2. The van der Waals surface area contributed by atoms with Crippen molar-refractivity contribution in [1.82, 2.24) is 9.71 Å². The molecule has 7 heteroatoms. The summed E-state index contributed by atoms with van der Waals surface area (Å²) in [4.78, 5) is 3.51. The summed E-state index contributed by atoms with van der Waals surface area (Å²) < 4.78 is 26.9. The lowest BCUT2D eigenvalue weighted by Gasteiger charge is -2.37. The quantitative estimate of drug-likeness (QED) is 0.850. The van der Waals surface area contributed by atoms with Crippen LogP contribution in [-0.4, -0.2) is 29.6 Å². The summed E-state index contributed by atoms with van der Waals surface area (Å²) in [6, 6.07) is 4.47. The van der Waals surface area contributed by atoms with E-state index in [4.69, 9.17) is 5.26 Å². The molecule has 0 bridgehead atoms. The molecule has 0 atom stereocenters. The predicted molar refractivity (Wildman–Crippen MR) is 69.7 cm³/mol. The molecule has 1 aromatic rings. The Labute approximate surface area is 113 Å². The zero-order valence-electron chi connectivity index (χ0n) is 11.3. The number of nitrogens with one attached hydrogen (secondary N) is 1. The van der Waals surface area contributed by atoms with Crippen LogP contribution in [0, 0.1) is 11.3 Å². The molecule has 1 rings (SSSR count). The summed E-state index contributed by atoms with van der Waals surface area (Å²) >= 11 is 0. The summed E-state index contributed by atoms with van der Waals surface area (Å²) in [5.74, 6) is 0. The molecule has 0 saturated heterocycles. The van der Waals surface area contributed by atoms with Crippen LogP contribution in [0.2, 0.25) is 0 Å². The number of sulfonamides is 1. The Bertz CT molecular complexity index is 610. The third kappa shape index (κ3) is 3.29. The van der Waals surface area contributed by atoms with Crippen molar-refractivity contribution in [2.24, 2.45) is 0 Å². The van der Waals surface area contributed by atoms with Crippen molar-refractivity contribution < 1.29 is 13.5 Å². The molecular weight excluding hydrogens is 266 g/mol. The summed E-state index contributed by atoms with van der Waals surface area (Å²) in [6.45, 7) is 6.13. The van der Waals surface area contributed by atoms with Gasteiger partial charge >= 0.3 is 0 Å². The van der Waals surface area contributed by atoms with Crippen LogP contribution >= 0.6 is 0 Å². The Hall–Kier alpha value is -1.49. The van der Waals surface area contributed by atoms with Crippen molar-refractivity contribution in [3.8, 4) is 6.07 Å². The molecule has 0 amide bonds. The van der Waals surface area contributed by atoms with Gasteiger partial charge in [-0.3, -0.25) is 0 Å². The Morgan fingerprint density at radius 1 is 1.37 bits per heavy atom. The minimum atomic E-state index is -3.94. The van der Waals surface area contributed by atoms with E-state index in [1.165, 1.54) is 32.2 Å². The lowest BCUT2D eigenvalue weighted by atomic mass is 9.87. The minimum Gasteiger partial charge on any atom is -0.389 e. The molecule has 1 heterocycles. The number of aromatic nitrogens is 1. The van der Waals surface area contributed by atoms with Gasteiger partial charge in [-0.1, -0.05) is 0 Å². The van der Waals surface area contributed by atoms with Crippen LogP contribution in [0.15, 0.2) is 23.2 Å². The topological polar surface area (TPSA) is 103 Å². The molecule has 19 heavy (non-hydrogen) atoms. The summed E-state index contributed by atoms with van der Waals surface area (Å²) in [7, 11) is -3.94. The normalized spacial score (nSPS) is 13.1. The van der Waals surface area contributed by atoms with Gasteiger partial charge in [-0.15, -0.1) is 0 Å². The van der Waals surface area contributed by atoms with Crippen molar-refractivity contribution in [2.45, 2.75) is 43.7 Å². The van der Waals surface area contributed by atoms with Gasteiger partial charge in [0.05, 0.1) is 11.1 Å². The second-order valence-corrected chi connectivity index (χ2v) is 6.90. The van der Waals surface area contributed by atoms with Crippen LogP contribution in [0.5, 0.6) is 0 Å². The molecule has 0 fully saturated rings. The van der Waals surface area contributed by atoms with Crippen molar-refractivity contribution in [1.29, 1.82) is 5.26 Å². The first kappa shape index (κ1) is 15.6. The van der Waals surface area contributed by atoms with Crippen molar-refractivity contribution in [3.05, 3.63) is 24.0 Å². The molecule has 0 saturated carbocycles. The number of hydrogen-bond acceptors (Lipinski definition) is 5. The lowest BCUT2D eigenvalue weighted by Crippen LogP contribution is -2.57. The highest BCUT2D eigenvalue weighted by molar-refractivity contribution is 7.89. The molecule has 104 valence electrons. The fourth-order valence-electron chi connectivity index (χ4n) is 1.21. The maximum Gasteiger partial charge on any atom is 0.244 e. The molecule has 0 aliphatic heterocycles. The average Bonchev–Trinajstić information content (AvgIpc) is 2.26. The van der Waals surface area contributed by atoms with E-state index in [0.717, 1.165) is 0 Å². The van der Waals surface area contributed by atoms with Gasteiger partial charge in [-0.25, -0.2) is 18.1 Å². The molecule has 0 aliphatic rings. The van der Waals surface area contributed by atoms with E-state index in [1.807, 2.05) is 0 Å². The van der Waals surface area contributed by atoms with Gasteiger partial charge in [-0.05, 0) is 39.8 Å². The highest BCUT2D eigenvalue weighted by atomic mass is 32.2. The van der Waals surface area contributed by atoms with Gasteiger partial charge in [0.2, 0.25) is 10.0 Å². The number of hydrogen-bond donors (Lipinski definition) is 2. The maximum atomic E-state index is 12.3. The van der Waals surface area contributed by atoms with Gasteiger partial charge in [-0.2, -0.15) is 5.26 Å². The maximum absolute atomic E-state index is 12.3. The Kier molecular flexibility index (Phi) is 4.00. The van der Waals surface area contributed by atoms with E-state index in [0.29, 0.717) is 0 Å². The first-order valence-corrected chi connectivity index (χ1v) is 7.11. The molecule has 2 N–H and O–H groups in total. The van der Waals surface area contributed by atoms with E-state index in [9.17, 15) is 13.5 Å². The SMILES string of the molecule is CC(C)(O)C(C)(C)NS(=O)(=O)c1cccnc1C#N. The molecule has 0 aliphatic carbocycles. The van der Waals surface area contributed by atoms with Crippen LogP contribution < -0.4 is 4.72 Å². The van der Waals surface area contributed by atoms with Gasteiger partial charge in [0, 0.05) is 6.20 Å². The molecular formula is C12H17N3O3S. The van der Waals surface area contributed by atoms with Crippen LogP contribution in [0.1, 0.15) is 33.4 Å². The molecule has 0 radical (unpaired) electrons. The molecule has 6 nitrogen and oxygen atoms in total. The van der Waals surface area contributed by atoms with E-state index < -0.39 is 21.2 Å². The highest BCUT2D eigenvalue weighted by Crippen LogP contribution is 2.24. The van der Waals surface area contributed by atoms with E-state index in [2.05, 4.69) is 9.71 Å². The van der Waals surface area contributed by atoms with Crippen molar-refractivity contribution >= 4 is 10.0 Å². The van der Waals surface area contributed by atoms with Crippen LogP contribution in [0.3, 0.4) is 0 Å². The van der Waals surface area contributed by atoms with Crippen molar-refractivity contribution in [2.75, 3.05) is 0 Å². The van der Waals surface area contributed by atoms with Gasteiger partial charge in [0.25, 0.3) is 0 Å². The largest absolute Gasteiger partial charge is 0.389 e. The first-order valence-electron chi connectivity index (χ1n) is 5.63. The van der Waals surface area contributed by atoms with E-state index in [-0.39, 0.29) is 10.6 Å². The average molecular weight is 283 g/mol. The van der Waals surface area contributed by atoms with E-state index >= 15 is 0 Å². The van der Waals surface area contributed by atoms with Gasteiger partial charge in [0.1, 0.15) is 11.0 Å². The number of pyridine rings is 1. The van der Waals surface area contributed by atoms with E-state index in [1.54, 1.807) is 19.9 Å². The number of rotatable bonds is 4. The van der Waals surface area contributed by atoms with Crippen molar-refractivity contribution in [3.63, 3.8) is 0 Å². The first-order chi connectivity index (χ1) is 8.51. The third-order valence-electron chi connectivity index (χ3n) is 3.09. The lowest BCUT2D eigenvalue weighted by molar-refractivity contribution is 0.00638. The minimum absolute atomic E-state index is 0.179. The summed E-state index contributed by atoms with van der Waals surface area (Å²) in [5, 5.41) is 18.9. The molecule has 1 aromatic heterocycles. The van der Waals surface area contributed by atoms with Gasteiger partial charge < -0.3 is 5.11 Å². The fourth-order valence-corrected chi connectivity index (χ4v) is 2.85. The standard InChI is InChI=1S/C12H17N3O3S/c1-11(2,12(3,4)16)15-19(17,18)10-6-5-7-14-9(10)8-13/h5-7,15-16H,1-4H3. The third-order valence-corrected chi connectivity index (χ3v) is 4.77. The fraction of sp³-hybridized carbons (Fsp3) is 0.500. The monoisotopic (exact) mass is 283 g/mol. The highest BCUT2D eigenvalue weighted by Gasteiger charge is 2.39. The zero-order valence-corrected chi connectivity index (χ0v) is 12.1. The van der Waals surface area contributed by atoms with Crippen LogP contribution in [0.4, 0.5) is 0 Å². The Morgan fingerprint density at radius 3 is 2.42 bits per heavy atom. The molecule has 0 spiro atoms. The summed E-state index contributed by atoms with van der Waals surface area (Å²) in [5.41, 5.74) is -2.55. The number of nitriles is 1. The number of aliphatic hydroxyl groups is 1. The van der Waals surface area contributed by atoms with Crippen LogP contribution in [0.25, 0.3) is 0 Å². The predicted octanol–water partition coefficient (Wildman–Crippen LogP) is 0.781. The zero-order chi connectivity index (χ0) is 14.9. The second-order valence-electron chi connectivity index (χ2n) is 5.25. The smallest absolute Gasteiger partial charge is 0.244 e. The molecule has 0 unspecified atom stereocenters. The molecule has 0 aromatic carbocycles. The Morgan fingerprint density at radius 2 is 1.95 bits per heavy atom. The second kappa shape index (κ2) is 4.89.